The standard InChI is InChI=1S/C13H21N3O.HI/c1-13(2,3)16-12(14)15-8-10-6-4-5-7-11(10)9-17;/h4-7,17H,8-9H2,1-3H3,(H3,14,15,16);1H. The van der Waals surface area contributed by atoms with Gasteiger partial charge in [-0.1, -0.05) is 24.3 Å². The van der Waals surface area contributed by atoms with Gasteiger partial charge in [-0.05, 0) is 31.9 Å². The summed E-state index contributed by atoms with van der Waals surface area (Å²) in [5, 5.41) is 12.3. The van der Waals surface area contributed by atoms with E-state index in [-0.39, 0.29) is 36.1 Å². The van der Waals surface area contributed by atoms with Crippen molar-refractivity contribution in [3.63, 3.8) is 0 Å². The molecule has 0 fully saturated rings. The minimum atomic E-state index is -0.0932. The molecule has 0 aromatic heterocycles. The number of aliphatic hydroxyl groups is 1. The lowest BCUT2D eigenvalue weighted by molar-refractivity contribution is 0.280. The maximum atomic E-state index is 9.17. The number of nitrogens with one attached hydrogen (secondary N) is 1. The van der Waals surface area contributed by atoms with Gasteiger partial charge in [0.05, 0.1) is 13.2 Å². The van der Waals surface area contributed by atoms with Crippen LogP contribution in [0.15, 0.2) is 29.3 Å². The van der Waals surface area contributed by atoms with E-state index in [4.69, 9.17) is 5.73 Å². The Labute approximate surface area is 126 Å². The monoisotopic (exact) mass is 363 g/mol. The number of nitrogens with zero attached hydrogens (tertiary/aromatic N) is 1. The fraction of sp³-hybridized carbons (Fsp3) is 0.462. The minimum Gasteiger partial charge on any atom is -0.392 e. The molecule has 18 heavy (non-hydrogen) atoms. The minimum absolute atomic E-state index is 0. The summed E-state index contributed by atoms with van der Waals surface area (Å²) in [5.41, 5.74) is 7.57. The largest absolute Gasteiger partial charge is 0.392 e. The Morgan fingerprint density at radius 2 is 1.83 bits per heavy atom. The highest BCUT2D eigenvalue weighted by atomic mass is 127. The lowest BCUT2D eigenvalue weighted by Crippen LogP contribution is -2.44. The maximum absolute atomic E-state index is 9.17. The van der Waals surface area contributed by atoms with Crippen LogP contribution in [0, 0.1) is 0 Å². The van der Waals surface area contributed by atoms with Gasteiger partial charge in [0.2, 0.25) is 0 Å². The van der Waals surface area contributed by atoms with Gasteiger partial charge < -0.3 is 16.2 Å². The number of hydrogen-bond acceptors (Lipinski definition) is 2. The summed E-state index contributed by atoms with van der Waals surface area (Å²) >= 11 is 0. The van der Waals surface area contributed by atoms with Crippen LogP contribution in [-0.2, 0) is 13.2 Å². The number of aliphatic imine (C=N–C) groups is 1. The number of guanidine groups is 1. The number of hydrogen-bond donors (Lipinski definition) is 3. The van der Waals surface area contributed by atoms with Gasteiger partial charge in [-0.3, -0.25) is 0 Å². The van der Waals surface area contributed by atoms with E-state index in [9.17, 15) is 5.11 Å². The topological polar surface area (TPSA) is 70.6 Å². The predicted molar refractivity (Wildman–Crippen MR) is 86.0 cm³/mol. The highest BCUT2D eigenvalue weighted by Gasteiger charge is 2.09. The molecule has 1 rings (SSSR count). The average molecular weight is 363 g/mol. The maximum Gasteiger partial charge on any atom is 0.189 e. The Morgan fingerprint density at radius 1 is 1.28 bits per heavy atom. The normalized spacial score (nSPS) is 11.9. The molecule has 0 unspecified atom stereocenters. The molecule has 0 atom stereocenters. The molecule has 0 aliphatic heterocycles. The zero-order chi connectivity index (χ0) is 12.9. The van der Waals surface area contributed by atoms with Crippen LogP contribution in [0.3, 0.4) is 0 Å². The van der Waals surface area contributed by atoms with E-state index < -0.39 is 0 Å². The molecular weight excluding hydrogens is 341 g/mol. The Balaban J connectivity index is 0.00000289. The Hall–Kier alpha value is -0.820. The van der Waals surface area contributed by atoms with Crippen LogP contribution in [0.5, 0.6) is 0 Å². The van der Waals surface area contributed by atoms with E-state index >= 15 is 0 Å². The van der Waals surface area contributed by atoms with E-state index in [1.807, 2.05) is 45.0 Å². The molecule has 102 valence electrons. The van der Waals surface area contributed by atoms with Gasteiger partial charge in [-0.25, -0.2) is 4.99 Å². The molecular formula is C13H22IN3O. The molecule has 0 amide bonds. The molecule has 4 N–H and O–H groups in total. The third kappa shape index (κ3) is 6.20. The van der Waals surface area contributed by atoms with Gasteiger partial charge in [0, 0.05) is 5.54 Å². The molecule has 4 nitrogen and oxygen atoms in total. The van der Waals surface area contributed by atoms with Crippen LogP contribution < -0.4 is 11.1 Å². The summed E-state index contributed by atoms with van der Waals surface area (Å²) in [6.45, 7) is 6.58. The number of benzene rings is 1. The quantitative estimate of drug-likeness (QED) is 0.437. The van der Waals surface area contributed by atoms with Crippen LogP contribution in [-0.4, -0.2) is 16.6 Å². The van der Waals surface area contributed by atoms with Crippen molar-refractivity contribution in [1.82, 2.24) is 5.32 Å². The Kier molecular flexibility index (Phi) is 7.23. The van der Waals surface area contributed by atoms with E-state index in [2.05, 4.69) is 10.3 Å². The van der Waals surface area contributed by atoms with Crippen molar-refractivity contribution in [3.8, 4) is 0 Å². The SMILES string of the molecule is CC(C)(C)NC(N)=NCc1ccccc1CO.I. The zero-order valence-electron chi connectivity index (χ0n) is 11.1. The van der Waals surface area contributed by atoms with E-state index in [0.717, 1.165) is 11.1 Å². The van der Waals surface area contributed by atoms with Crippen LogP contribution >= 0.6 is 24.0 Å². The highest BCUT2D eigenvalue weighted by molar-refractivity contribution is 14.0. The first-order valence-corrected chi connectivity index (χ1v) is 5.68. The molecule has 0 saturated heterocycles. The van der Waals surface area contributed by atoms with Crippen molar-refractivity contribution in [2.75, 3.05) is 0 Å². The first kappa shape index (κ1) is 17.2. The predicted octanol–water partition coefficient (Wildman–Crippen LogP) is 2.00. The lowest BCUT2D eigenvalue weighted by Gasteiger charge is -2.21. The Bertz CT molecular complexity index is 399. The third-order valence-corrected chi connectivity index (χ3v) is 2.21. The number of nitrogens with two attached hydrogens (primary N) is 1. The summed E-state index contributed by atoms with van der Waals surface area (Å²) in [6.07, 6.45) is 0. The molecule has 0 bridgehead atoms. The van der Waals surface area contributed by atoms with Crippen molar-refractivity contribution < 1.29 is 5.11 Å². The van der Waals surface area contributed by atoms with Gasteiger partial charge in [-0.2, -0.15) is 0 Å². The molecule has 0 radical (unpaired) electrons. The van der Waals surface area contributed by atoms with Crippen molar-refractivity contribution in [2.24, 2.45) is 10.7 Å². The zero-order valence-corrected chi connectivity index (χ0v) is 13.4. The first-order valence-electron chi connectivity index (χ1n) is 5.68. The van der Waals surface area contributed by atoms with Crippen molar-refractivity contribution >= 4 is 29.9 Å². The molecule has 1 aromatic rings. The molecule has 0 aliphatic carbocycles. The molecule has 0 saturated carbocycles. The summed E-state index contributed by atoms with van der Waals surface area (Å²) < 4.78 is 0. The Morgan fingerprint density at radius 3 is 2.33 bits per heavy atom. The van der Waals surface area contributed by atoms with Crippen molar-refractivity contribution in [2.45, 2.75) is 39.5 Å². The fourth-order valence-corrected chi connectivity index (χ4v) is 1.46. The lowest BCUT2D eigenvalue weighted by atomic mass is 10.1. The fourth-order valence-electron chi connectivity index (χ4n) is 1.46. The van der Waals surface area contributed by atoms with Gasteiger partial charge in [0.25, 0.3) is 0 Å². The van der Waals surface area contributed by atoms with Gasteiger partial charge >= 0.3 is 0 Å². The molecule has 0 heterocycles. The van der Waals surface area contributed by atoms with E-state index in [1.54, 1.807) is 0 Å². The number of rotatable bonds is 3. The van der Waals surface area contributed by atoms with Crippen LogP contribution in [0.4, 0.5) is 0 Å². The second-order valence-electron chi connectivity index (χ2n) is 5.00. The van der Waals surface area contributed by atoms with Crippen molar-refractivity contribution in [3.05, 3.63) is 35.4 Å². The van der Waals surface area contributed by atoms with Crippen molar-refractivity contribution in [1.29, 1.82) is 0 Å². The molecule has 5 heteroatoms. The highest BCUT2D eigenvalue weighted by Crippen LogP contribution is 2.09. The molecule has 0 spiro atoms. The number of halogens is 1. The van der Waals surface area contributed by atoms with Gasteiger partial charge in [-0.15, -0.1) is 24.0 Å². The smallest absolute Gasteiger partial charge is 0.189 e. The van der Waals surface area contributed by atoms with Gasteiger partial charge in [0.1, 0.15) is 0 Å². The van der Waals surface area contributed by atoms with Crippen LogP contribution in [0.1, 0.15) is 31.9 Å². The van der Waals surface area contributed by atoms with Crippen LogP contribution in [0.2, 0.25) is 0 Å². The third-order valence-electron chi connectivity index (χ3n) is 2.21. The second-order valence-corrected chi connectivity index (χ2v) is 5.00. The average Bonchev–Trinajstić information content (AvgIpc) is 2.24. The summed E-state index contributed by atoms with van der Waals surface area (Å²) in [4.78, 5) is 4.26. The summed E-state index contributed by atoms with van der Waals surface area (Å²) in [7, 11) is 0. The molecule has 0 aliphatic rings. The van der Waals surface area contributed by atoms with E-state index in [1.165, 1.54) is 0 Å². The first-order chi connectivity index (χ1) is 7.92. The van der Waals surface area contributed by atoms with E-state index in [0.29, 0.717) is 12.5 Å². The molecule has 1 aromatic carbocycles. The van der Waals surface area contributed by atoms with Crippen LogP contribution in [0.25, 0.3) is 0 Å². The second kappa shape index (κ2) is 7.58. The van der Waals surface area contributed by atoms with Gasteiger partial charge in [0.15, 0.2) is 5.96 Å². The number of aliphatic hydroxyl groups excluding tert-OH is 1. The summed E-state index contributed by atoms with van der Waals surface area (Å²) in [5.74, 6) is 0.422. The summed E-state index contributed by atoms with van der Waals surface area (Å²) in [6, 6.07) is 7.66.